The Bertz CT molecular complexity index is 830. The molecule has 2 atom stereocenters. The number of benzene rings is 1. The van der Waals surface area contributed by atoms with Crippen LogP contribution in [-0.4, -0.2) is 77.0 Å². The average molecular weight is 421 g/mol. The van der Waals surface area contributed by atoms with E-state index in [1.165, 1.54) is 6.07 Å². The van der Waals surface area contributed by atoms with Crippen molar-refractivity contribution in [2.75, 3.05) is 43.4 Å². The van der Waals surface area contributed by atoms with Crippen LogP contribution in [0.25, 0.3) is 0 Å². The Labute approximate surface area is 173 Å². The van der Waals surface area contributed by atoms with Crippen molar-refractivity contribution in [1.82, 2.24) is 9.80 Å². The normalized spacial score (nSPS) is 26.6. The van der Waals surface area contributed by atoms with E-state index in [0.29, 0.717) is 44.0 Å². The second kappa shape index (κ2) is 7.85. The van der Waals surface area contributed by atoms with Gasteiger partial charge in [-0.2, -0.15) is 0 Å². The Hall–Kier alpha value is -2.29. The summed E-state index contributed by atoms with van der Waals surface area (Å²) >= 11 is 1.59. The molecule has 2 amide bonds. The highest BCUT2D eigenvalue weighted by atomic mass is 32.2. The first-order valence-corrected chi connectivity index (χ1v) is 10.8. The number of carbonyl (C=O) groups is 3. The van der Waals surface area contributed by atoms with Gasteiger partial charge in [0.2, 0.25) is 5.91 Å². The van der Waals surface area contributed by atoms with Crippen LogP contribution < -0.4 is 4.90 Å². The maximum Gasteiger partial charge on any atom is 0.330 e. The van der Waals surface area contributed by atoms with Gasteiger partial charge < -0.3 is 19.4 Å². The van der Waals surface area contributed by atoms with E-state index < -0.39 is 12.0 Å². The number of fused-ring (bicyclic) bond motifs is 1. The van der Waals surface area contributed by atoms with E-state index >= 15 is 0 Å². The molecule has 1 aromatic rings. The van der Waals surface area contributed by atoms with Crippen molar-refractivity contribution in [3.8, 4) is 0 Å². The lowest BCUT2D eigenvalue weighted by atomic mass is 10.2. The second-order valence-corrected chi connectivity index (χ2v) is 9.19. The van der Waals surface area contributed by atoms with E-state index in [2.05, 4.69) is 0 Å². The van der Waals surface area contributed by atoms with Gasteiger partial charge in [0.05, 0.1) is 10.6 Å². The van der Waals surface area contributed by atoms with Crippen molar-refractivity contribution in [2.45, 2.75) is 30.7 Å². The van der Waals surface area contributed by atoms with Crippen molar-refractivity contribution in [1.29, 1.82) is 0 Å². The van der Waals surface area contributed by atoms with Crippen molar-refractivity contribution in [3.63, 3.8) is 0 Å². The third-order valence-corrected chi connectivity index (χ3v) is 7.39. The smallest absolute Gasteiger partial charge is 0.330 e. The molecule has 9 heteroatoms. The van der Waals surface area contributed by atoms with Gasteiger partial charge in [-0.05, 0) is 25.5 Å². The van der Waals surface area contributed by atoms with Gasteiger partial charge >= 0.3 is 5.97 Å². The molecule has 3 aliphatic heterocycles. The lowest BCUT2D eigenvalue weighted by Crippen LogP contribution is -2.51. The highest BCUT2D eigenvalue weighted by molar-refractivity contribution is 8.01. The third kappa shape index (κ3) is 3.80. The molecule has 156 valence electrons. The zero-order chi connectivity index (χ0) is 20.6. The lowest BCUT2D eigenvalue weighted by molar-refractivity contribution is -0.158. The molecule has 0 radical (unpaired) electrons. The molecule has 3 fully saturated rings. The fourth-order valence-electron chi connectivity index (χ4n) is 4.22. The molecule has 0 saturated carbocycles. The molecular formula is C20H24FN3O4S. The van der Waals surface area contributed by atoms with Gasteiger partial charge in [0.1, 0.15) is 11.9 Å². The Kier molecular flexibility index (Phi) is 5.42. The minimum absolute atomic E-state index is 0.0324. The largest absolute Gasteiger partial charge is 0.454 e. The fraction of sp³-hybridized carbons (Fsp3) is 0.550. The maximum absolute atomic E-state index is 13.9. The van der Waals surface area contributed by atoms with Crippen LogP contribution in [0.4, 0.5) is 10.1 Å². The number of halogens is 1. The molecule has 0 aromatic heterocycles. The summed E-state index contributed by atoms with van der Waals surface area (Å²) in [6.45, 7) is 3.54. The number of ether oxygens (including phenoxy) is 1. The SMILES string of the molecule is C[C@@]12CCC(=O)N1[C@H](C(=O)OCC(=O)N1CCN(c3ccccc3F)CC1)CS2. The molecule has 3 saturated heterocycles. The zero-order valence-corrected chi connectivity index (χ0v) is 17.1. The Morgan fingerprint density at radius 2 is 1.97 bits per heavy atom. The number of hydrogen-bond donors (Lipinski definition) is 0. The number of thioether (sulfide) groups is 1. The summed E-state index contributed by atoms with van der Waals surface area (Å²) in [4.78, 5) is 41.9. The average Bonchev–Trinajstić information content (AvgIpc) is 3.22. The number of carbonyl (C=O) groups excluding carboxylic acids is 3. The molecule has 3 aliphatic rings. The Morgan fingerprint density at radius 3 is 2.69 bits per heavy atom. The summed E-state index contributed by atoms with van der Waals surface area (Å²) in [6.07, 6.45) is 1.17. The van der Waals surface area contributed by atoms with E-state index in [-0.39, 0.29) is 29.1 Å². The van der Waals surface area contributed by atoms with Crippen LogP contribution in [-0.2, 0) is 19.1 Å². The number of para-hydroxylation sites is 1. The van der Waals surface area contributed by atoms with Gasteiger partial charge in [0.25, 0.3) is 5.91 Å². The van der Waals surface area contributed by atoms with E-state index in [4.69, 9.17) is 4.74 Å². The molecule has 0 unspecified atom stereocenters. The molecule has 0 bridgehead atoms. The number of nitrogens with zero attached hydrogens (tertiary/aromatic N) is 3. The van der Waals surface area contributed by atoms with Crippen molar-refractivity contribution < 1.29 is 23.5 Å². The Morgan fingerprint density at radius 1 is 1.24 bits per heavy atom. The number of rotatable bonds is 4. The molecule has 29 heavy (non-hydrogen) atoms. The minimum atomic E-state index is -0.620. The molecule has 3 heterocycles. The summed E-state index contributed by atoms with van der Waals surface area (Å²) < 4.78 is 19.2. The van der Waals surface area contributed by atoms with E-state index in [9.17, 15) is 18.8 Å². The highest BCUT2D eigenvalue weighted by Gasteiger charge is 2.53. The van der Waals surface area contributed by atoms with E-state index in [0.717, 1.165) is 6.42 Å². The number of anilines is 1. The molecule has 4 rings (SSSR count). The van der Waals surface area contributed by atoms with Crippen molar-refractivity contribution in [3.05, 3.63) is 30.1 Å². The van der Waals surface area contributed by atoms with Crippen LogP contribution in [0.3, 0.4) is 0 Å². The first-order chi connectivity index (χ1) is 13.9. The van der Waals surface area contributed by atoms with Crippen LogP contribution in [0, 0.1) is 5.82 Å². The fourth-order valence-corrected chi connectivity index (χ4v) is 5.64. The molecule has 0 aliphatic carbocycles. The summed E-state index contributed by atoms with van der Waals surface area (Å²) in [5, 5.41) is 0. The molecule has 1 aromatic carbocycles. The molecule has 0 N–H and O–H groups in total. The first-order valence-electron chi connectivity index (χ1n) is 9.79. The van der Waals surface area contributed by atoms with Crippen LogP contribution in [0.2, 0.25) is 0 Å². The quantitative estimate of drug-likeness (QED) is 0.686. The predicted octanol–water partition coefficient (Wildman–Crippen LogP) is 1.47. The van der Waals surface area contributed by atoms with Gasteiger partial charge in [-0.15, -0.1) is 11.8 Å². The van der Waals surface area contributed by atoms with Crippen LogP contribution in [0.1, 0.15) is 19.8 Å². The predicted molar refractivity (Wildman–Crippen MR) is 107 cm³/mol. The van der Waals surface area contributed by atoms with Crippen molar-refractivity contribution in [2.24, 2.45) is 0 Å². The molecule has 7 nitrogen and oxygen atoms in total. The summed E-state index contributed by atoms with van der Waals surface area (Å²) in [6, 6.07) is 5.96. The summed E-state index contributed by atoms with van der Waals surface area (Å²) in [5.74, 6) is -0.604. The van der Waals surface area contributed by atoms with Gasteiger partial charge in [0.15, 0.2) is 6.61 Å². The number of hydrogen-bond acceptors (Lipinski definition) is 6. The molecule has 0 spiro atoms. The number of piperazine rings is 1. The topological polar surface area (TPSA) is 70.2 Å². The van der Waals surface area contributed by atoms with Gasteiger partial charge in [-0.1, -0.05) is 12.1 Å². The lowest BCUT2D eigenvalue weighted by Gasteiger charge is -2.36. The van der Waals surface area contributed by atoms with Crippen LogP contribution in [0.15, 0.2) is 24.3 Å². The zero-order valence-electron chi connectivity index (χ0n) is 16.3. The van der Waals surface area contributed by atoms with Gasteiger partial charge in [0, 0.05) is 38.4 Å². The van der Waals surface area contributed by atoms with E-state index in [1.54, 1.807) is 39.8 Å². The van der Waals surface area contributed by atoms with Crippen molar-refractivity contribution >= 4 is 35.2 Å². The van der Waals surface area contributed by atoms with Gasteiger partial charge in [-0.3, -0.25) is 9.59 Å². The highest BCUT2D eigenvalue weighted by Crippen LogP contribution is 2.47. The minimum Gasteiger partial charge on any atom is -0.454 e. The monoisotopic (exact) mass is 421 g/mol. The van der Waals surface area contributed by atoms with Crippen LogP contribution >= 0.6 is 11.8 Å². The molecular weight excluding hydrogens is 397 g/mol. The van der Waals surface area contributed by atoms with Gasteiger partial charge in [-0.25, -0.2) is 9.18 Å². The third-order valence-electron chi connectivity index (χ3n) is 5.88. The van der Waals surface area contributed by atoms with E-state index in [1.807, 2.05) is 11.8 Å². The first kappa shape index (κ1) is 20.0. The summed E-state index contributed by atoms with van der Waals surface area (Å²) in [7, 11) is 0. The number of amides is 2. The summed E-state index contributed by atoms with van der Waals surface area (Å²) in [5.41, 5.74) is 0.531. The number of esters is 1. The second-order valence-electron chi connectivity index (χ2n) is 7.69. The van der Waals surface area contributed by atoms with Crippen LogP contribution in [0.5, 0.6) is 0 Å². The standard InChI is InChI=1S/C20H24FN3O4S/c1-20-7-6-17(25)24(20)16(13-29-20)19(27)28-12-18(26)23-10-8-22(9-11-23)15-5-3-2-4-14(15)21/h2-5,16H,6-13H2,1H3/t16-,20+/m0/s1. The maximum atomic E-state index is 13.9. The Balaban J connectivity index is 1.27.